The van der Waals surface area contributed by atoms with E-state index in [0.29, 0.717) is 12.5 Å². The maximum Gasteiger partial charge on any atom is 0.330 e. The predicted octanol–water partition coefficient (Wildman–Crippen LogP) is -0.485. The minimum atomic E-state index is -0.261. The van der Waals surface area contributed by atoms with Crippen molar-refractivity contribution in [2.45, 2.75) is 19.4 Å². The lowest BCUT2D eigenvalue weighted by atomic mass is 9.98. The van der Waals surface area contributed by atoms with Gasteiger partial charge in [0, 0.05) is 38.9 Å². The molecule has 1 aliphatic heterocycles. The van der Waals surface area contributed by atoms with Gasteiger partial charge < -0.3 is 10.2 Å². The number of aromatic nitrogens is 2. The van der Waals surface area contributed by atoms with Gasteiger partial charge in [0.1, 0.15) is 0 Å². The molecule has 0 aliphatic carbocycles. The van der Waals surface area contributed by atoms with Crippen LogP contribution in [0.4, 0.5) is 0 Å². The molecule has 2 rings (SSSR count). The maximum atomic E-state index is 11.9. The Balaban J connectivity index is 2.06. The fourth-order valence-corrected chi connectivity index (χ4v) is 2.78. The molecule has 1 N–H and O–H groups in total. The van der Waals surface area contributed by atoms with E-state index in [9.17, 15) is 9.59 Å². The highest BCUT2D eigenvalue weighted by Crippen LogP contribution is 2.13. The lowest BCUT2D eigenvalue weighted by molar-refractivity contribution is 0.230. The van der Waals surface area contributed by atoms with Crippen LogP contribution >= 0.6 is 0 Å². The Kier molecular flexibility index (Phi) is 4.77. The van der Waals surface area contributed by atoms with Gasteiger partial charge in [0.15, 0.2) is 0 Å². The lowest BCUT2D eigenvalue weighted by Gasteiger charge is -2.27. The molecule has 0 aromatic carbocycles. The second kappa shape index (κ2) is 6.37. The van der Waals surface area contributed by atoms with E-state index < -0.39 is 0 Å². The van der Waals surface area contributed by atoms with Crippen molar-refractivity contribution in [2.75, 3.05) is 26.7 Å². The number of rotatable bonds is 4. The van der Waals surface area contributed by atoms with E-state index in [1.54, 1.807) is 17.7 Å². The van der Waals surface area contributed by atoms with Gasteiger partial charge in [-0.2, -0.15) is 0 Å². The maximum absolute atomic E-state index is 11.9. The average Bonchev–Trinajstić information content (AvgIpc) is 2.43. The molecule has 0 radical (unpaired) electrons. The van der Waals surface area contributed by atoms with Crippen molar-refractivity contribution in [1.82, 2.24) is 19.4 Å². The van der Waals surface area contributed by atoms with Crippen LogP contribution in [0.25, 0.3) is 0 Å². The van der Waals surface area contributed by atoms with Gasteiger partial charge in [0.2, 0.25) is 0 Å². The van der Waals surface area contributed by atoms with Crippen LogP contribution in [-0.2, 0) is 20.6 Å². The van der Waals surface area contributed by atoms with Gasteiger partial charge in [-0.1, -0.05) is 0 Å². The monoisotopic (exact) mass is 280 g/mol. The normalized spacial score (nSPS) is 16.8. The van der Waals surface area contributed by atoms with Gasteiger partial charge in [-0.3, -0.25) is 13.9 Å². The SMILES string of the molecule is CN(Cc1cc(=O)n(C)c(=O)n1C)CC1CCNCC1. The quantitative estimate of drug-likeness (QED) is 0.809. The molecule has 6 heteroatoms. The lowest BCUT2D eigenvalue weighted by Crippen LogP contribution is -2.40. The first kappa shape index (κ1) is 15.0. The van der Waals surface area contributed by atoms with Crippen LogP contribution < -0.4 is 16.6 Å². The van der Waals surface area contributed by atoms with Crippen molar-refractivity contribution in [1.29, 1.82) is 0 Å². The minimum Gasteiger partial charge on any atom is -0.317 e. The number of hydrogen-bond donors (Lipinski definition) is 1. The second-order valence-corrected chi connectivity index (χ2v) is 5.76. The molecule has 2 heterocycles. The van der Waals surface area contributed by atoms with E-state index >= 15 is 0 Å². The summed E-state index contributed by atoms with van der Waals surface area (Å²) in [6.07, 6.45) is 2.39. The highest BCUT2D eigenvalue weighted by molar-refractivity contribution is 5.02. The van der Waals surface area contributed by atoms with Crippen molar-refractivity contribution in [2.24, 2.45) is 20.0 Å². The van der Waals surface area contributed by atoms with Crippen molar-refractivity contribution in [3.05, 3.63) is 32.6 Å². The van der Waals surface area contributed by atoms with E-state index in [2.05, 4.69) is 10.2 Å². The molecule has 1 saturated heterocycles. The van der Waals surface area contributed by atoms with Gasteiger partial charge >= 0.3 is 5.69 Å². The summed E-state index contributed by atoms with van der Waals surface area (Å²) in [6, 6.07) is 1.56. The molecule has 0 bridgehead atoms. The zero-order chi connectivity index (χ0) is 14.7. The fourth-order valence-electron chi connectivity index (χ4n) is 2.78. The molecule has 1 aromatic rings. The summed E-state index contributed by atoms with van der Waals surface area (Å²) in [5, 5.41) is 3.36. The molecule has 0 unspecified atom stereocenters. The van der Waals surface area contributed by atoms with Crippen molar-refractivity contribution in [3.63, 3.8) is 0 Å². The van der Waals surface area contributed by atoms with Crippen molar-refractivity contribution >= 4 is 0 Å². The summed E-state index contributed by atoms with van der Waals surface area (Å²) in [5.41, 5.74) is 0.274. The molecule has 0 amide bonds. The Morgan fingerprint density at radius 1 is 1.25 bits per heavy atom. The van der Waals surface area contributed by atoms with E-state index in [-0.39, 0.29) is 11.2 Å². The molecule has 1 fully saturated rings. The number of hydrogen-bond acceptors (Lipinski definition) is 4. The summed E-state index contributed by atoms with van der Waals surface area (Å²) in [7, 11) is 5.27. The van der Waals surface area contributed by atoms with Crippen LogP contribution in [0, 0.1) is 5.92 Å². The summed E-state index contributed by atoms with van der Waals surface area (Å²) in [6.45, 7) is 3.81. The van der Waals surface area contributed by atoms with Crippen LogP contribution in [0.15, 0.2) is 15.7 Å². The summed E-state index contributed by atoms with van der Waals surface area (Å²) in [5.74, 6) is 0.699. The molecule has 0 saturated carbocycles. The Morgan fingerprint density at radius 2 is 1.90 bits per heavy atom. The molecule has 6 nitrogen and oxygen atoms in total. The molecular weight excluding hydrogens is 256 g/mol. The van der Waals surface area contributed by atoms with Crippen molar-refractivity contribution < 1.29 is 0 Å². The van der Waals surface area contributed by atoms with Crippen LogP contribution in [0.3, 0.4) is 0 Å². The number of piperidine rings is 1. The summed E-state index contributed by atoms with van der Waals surface area (Å²) >= 11 is 0. The van der Waals surface area contributed by atoms with Gasteiger partial charge in [-0.25, -0.2) is 4.79 Å². The highest BCUT2D eigenvalue weighted by Gasteiger charge is 2.16. The Morgan fingerprint density at radius 3 is 2.55 bits per heavy atom. The third-order valence-corrected chi connectivity index (χ3v) is 4.09. The van der Waals surface area contributed by atoms with Gasteiger partial charge in [-0.05, 0) is 38.9 Å². The van der Waals surface area contributed by atoms with E-state index in [0.717, 1.165) is 29.9 Å². The van der Waals surface area contributed by atoms with Crippen molar-refractivity contribution in [3.8, 4) is 0 Å². The fraction of sp³-hybridized carbons (Fsp3) is 0.714. The summed E-state index contributed by atoms with van der Waals surface area (Å²) in [4.78, 5) is 25.8. The Bertz CT molecular complexity index is 570. The molecule has 112 valence electrons. The van der Waals surface area contributed by atoms with Gasteiger partial charge in [-0.15, -0.1) is 0 Å². The second-order valence-electron chi connectivity index (χ2n) is 5.76. The van der Waals surface area contributed by atoms with Crippen LogP contribution in [0.5, 0.6) is 0 Å². The summed E-state index contributed by atoms with van der Waals surface area (Å²) < 4.78 is 2.69. The van der Waals surface area contributed by atoms with Gasteiger partial charge in [0.25, 0.3) is 5.56 Å². The topological polar surface area (TPSA) is 59.3 Å². The number of nitrogens with zero attached hydrogens (tertiary/aromatic N) is 3. The van der Waals surface area contributed by atoms with Crippen LogP contribution in [0.1, 0.15) is 18.5 Å². The molecular formula is C14H24N4O2. The smallest absolute Gasteiger partial charge is 0.317 e. The average molecular weight is 280 g/mol. The largest absolute Gasteiger partial charge is 0.330 e. The Labute approximate surface area is 119 Å². The molecule has 1 aliphatic rings. The van der Waals surface area contributed by atoms with E-state index in [1.807, 2.05) is 7.05 Å². The highest BCUT2D eigenvalue weighted by atomic mass is 16.2. The Hall–Kier alpha value is -1.40. The first-order valence-electron chi connectivity index (χ1n) is 7.14. The van der Waals surface area contributed by atoms with E-state index in [1.165, 1.54) is 19.9 Å². The third kappa shape index (κ3) is 3.37. The molecule has 1 aromatic heterocycles. The van der Waals surface area contributed by atoms with Crippen LogP contribution in [-0.4, -0.2) is 40.7 Å². The molecule has 0 atom stereocenters. The van der Waals surface area contributed by atoms with Gasteiger partial charge in [0.05, 0.1) is 0 Å². The third-order valence-electron chi connectivity index (χ3n) is 4.09. The zero-order valence-electron chi connectivity index (χ0n) is 12.6. The first-order chi connectivity index (χ1) is 9.49. The number of nitrogens with one attached hydrogen (secondary N) is 1. The zero-order valence-corrected chi connectivity index (χ0v) is 12.6. The first-order valence-corrected chi connectivity index (χ1v) is 7.14. The molecule has 0 spiro atoms. The predicted molar refractivity (Wildman–Crippen MR) is 78.9 cm³/mol. The van der Waals surface area contributed by atoms with E-state index in [4.69, 9.17) is 0 Å². The standard InChI is InChI=1S/C14H24N4O2/c1-16(9-11-4-6-15-7-5-11)10-12-8-13(19)18(3)14(20)17(12)2/h8,11,15H,4-7,9-10H2,1-3H3. The van der Waals surface area contributed by atoms with Crippen LogP contribution in [0.2, 0.25) is 0 Å². The molecule has 20 heavy (non-hydrogen) atoms. The minimum absolute atomic E-state index is 0.238.